The van der Waals surface area contributed by atoms with Crippen LogP contribution in [0.25, 0.3) is 33.3 Å². The molecule has 39 heavy (non-hydrogen) atoms. The highest BCUT2D eigenvalue weighted by molar-refractivity contribution is 6.01. The minimum Gasteiger partial charge on any atom is -0.361 e. The van der Waals surface area contributed by atoms with Crippen LogP contribution in [-0.4, -0.2) is 63.0 Å². The second-order valence-electron chi connectivity index (χ2n) is 10.7. The molecule has 3 N–H and O–H groups in total. The fourth-order valence-corrected chi connectivity index (χ4v) is 5.76. The second kappa shape index (κ2) is 10.5. The van der Waals surface area contributed by atoms with Crippen molar-refractivity contribution in [3.8, 4) is 22.3 Å². The Hall–Kier alpha value is -4.17. The van der Waals surface area contributed by atoms with Crippen molar-refractivity contribution in [1.82, 2.24) is 29.8 Å². The lowest BCUT2D eigenvalue weighted by Gasteiger charge is -2.35. The third-order valence-corrected chi connectivity index (χ3v) is 7.90. The number of aryl methyl sites for hydroxylation is 1. The second-order valence-corrected chi connectivity index (χ2v) is 10.7. The maximum absolute atomic E-state index is 4.73. The van der Waals surface area contributed by atoms with Crippen LogP contribution in [0.5, 0.6) is 0 Å². The van der Waals surface area contributed by atoms with E-state index in [0.717, 1.165) is 71.1 Å². The molecule has 0 amide bonds. The molecule has 6 rings (SSSR count). The molecule has 4 aromatic heterocycles. The van der Waals surface area contributed by atoms with Gasteiger partial charge in [-0.05, 0) is 70.1 Å². The first-order valence-corrected chi connectivity index (χ1v) is 13.7. The van der Waals surface area contributed by atoms with Crippen LogP contribution in [0.15, 0.2) is 67.3 Å². The first kappa shape index (κ1) is 25.1. The van der Waals surface area contributed by atoms with Gasteiger partial charge in [0.25, 0.3) is 0 Å². The van der Waals surface area contributed by atoms with Crippen molar-refractivity contribution in [3.05, 3.63) is 78.6 Å². The Bertz CT molecular complexity index is 1560. The van der Waals surface area contributed by atoms with Gasteiger partial charge in [-0.15, -0.1) is 0 Å². The van der Waals surface area contributed by atoms with Crippen molar-refractivity contribution in [1.29, 1.82) is 0 Å². The van der Waals surface area contributed by atoms with E-state index >= 15 is 0 Å². The molecular weight excluding hydrogens is 484 g/mol. The number of pyridine rings is 1. The highest BCUT2D eigenvalue weighted by Crippen LogP contribution is 2.36. The molecule has 0 aliphatic carbocycles. The third kappa shape index (κ3) is 5.00. The highest BCUT2D eigenvalue weighted by atomic mass is 15.2. The van der Waals surface area contributed by atoms with Gasteiger partial charge in [-0.1, -0.05) is 30.3 Å². The number of hydrogen-bond donors (Lipinski definition) is 3. The zero-order valence-electron chi connectivity index (χ0n) is 23.1. The van der Waals surface area contributed by atoms with Crippen molar-refractivity contribution in [2.75, 3.05) is 37.4 Å². The van der Waals surface area contributed by atoms with Crippen LogP contribution in [0, 0.1) is 6.92 Å². The first-order chi connectivity index (χ1) is 19.0. The molecule has 8 nitrogen and oxygen atoms in total. The van der Waals surface area contributed by atoms with E-state index in [1.54, 1.807) is 6.33 Å². The lowest BCUT2D eigenvalue weighted by molar-refractivity contribution is 0.249. The number of aromatic amines is 2. The topological polar surface area (TPSA) is 88.8 Å². The quantitative estimate of drug-likeness (QED) is 0.243. The number of H-pyrrole nitrogens is 2. The van der Waals surface area contributed by atoms with E-state index in [4.69, 9.17) is 9.97 Å². The minimum atomic E-state index is 0.000694. The van der Waals surface area contributed by atoms with Crippen molar-refractivity contribution < 1.29 is 0 Å². The fraction of sp³-hybridized carbons (Fsp3) is 0.323. The van der Waals surface area contributed by atoms with Gasteiger partial charge in [0.1, 0.15) is 23.6 Å². The van der Waals surface area contributed by atoms with Crippen LogP contribution >= 0.6 is 0 Å². The monoisotopic (exact) mass is 520 g/mol. The normalized spacial score (nSPS) is 15.3. The molecule has 0 saturated carbocycles. The van der Waals surface area contributed by atoms with E-state index in [1.165, 1.54) is 11.1 Å². The SMILES string of the molecule is Cc1cc(-c2ccccc2)c(C(C)Nc2ncnc3[nH]cc(-c4ccnc(N5CCC(N(C)C)CC5)c4)c23)[nH]1. The number of nitrogens with zero attached hydrogens (tertiary/aromatic N) is 5. The van der Waals surface area contributed by atoms with E-state index in [-0.39, 0.29) is 6.04 Å². The average molecular weight is 521 g/mol. The van der Waals surface area contributed by atoms with E-state index in [0.29, 0.717) is 6.04 Å². The van der Waals surface area contributed by atoms with E-state index in [1.807, 2.05) is 18.5 Å². The summed E-state index contributed by atoms with van der Waals surface area (Å²) in [6.07, 6.45) is 7.85. The van der Waals surface area contributed by atoms with E-state index in [2.05, 4.69) is 100 Å². The molecule has 0 bridgehead atoms. The number of anilines is 2. The van der Waals surface area contributed by atoms with Crippen molar-refractivity contribution in [2.24, 2.45) is 0 Å². The van der Waals surface area contributed by atoms with Crippen LogP contribution < -0.4 is 10.2 Å². The molecule has 1 saturated heterocycles. The molecule has 8 heteroatoms. The first-order valence-electron chi connectivity index (χ1n) is 13.7. The smallest absolute Gasteiger partial charge is 0.143 e. The van der Waals surface area contributed by atoms with E-state index in [9.17, 15) is 0 Å². The van der Waals surface area contributed by atoms with E-state index < -0.39 is 0 Å². The van der Waals surface area contributed by atoms with Crippen LogP contribution in [-0.2, 0) is 0 Å². The zero-order valence-corrected chi connectivity index (χ0v) is 23.1. The van der Waals surface area contributed by atoms with Gasteiger partial charge >= 0.3 is 0 Å². The number of piperidine rings is 1. The Kier molecular flexibility index (Phi) is 6.79. The maximum atomic E-state index is 4.73. The van der Waals surface area contributed by atoms with Gasteiger partial charge in [0.2, 0.25) is 0 Å². The van der Waals surface area contributed by atoms with Gasteiger partial charge in [-0.2, -0.15) is 0 Å². The lowest BCUT2D eigenvalue weighted by Crippen LogP contribution is -2.42. The Morgan fingerprint density at radius 1 is 0.974 bits per heavy atom. The Morgan fingerprint density at radius 2 is 1.77 bits per heavy atom. The van der Waals surface area contributed by atoms with Crippen LogP contribution in [0.1, 0.15) is 37.2 Å². The number of aromatic nitrogens is 5. The number of nitrogens with one attached hydrogen (secondary N) is 3. The molecule has 1 aliphatic heterocycles. The molecule has 0 spiro atoms. The predicted molar refractivity (Wildman–Crippen MR) is 159 cm³/mol. The van der Waals surface area contributed by atoms with Gasteiger partial charge in [0.05, 0.1) is 11.4 Å². The summed E-state index contributed by atoms with van der Waals surface area (Å²) >= 11 is 0. The summed E-state index contributed by atoms with van der Waals surface area (Å²) in [4.78, 5) is 25.6. The zero-order chi connectivity index (χ0) is 26.9. The highest BCUT2D eigenvalue weighted by Gasteiger charge is 2.23. The molecular formula is C31H36N8. The summed E-state index contributed by atoms with van der Waals surface area (Å²) < 4.78 is 0. The maximum Gasteiger partial charge on any atom is 0.143 e. The molecule has 5 heterocycles. The largest absolute Gasteiger partial charge is 0.361 e. The summed E-state index contributed by atoms with van der Waals surface area (Å²) in [5.74, 6) is 1.83. The van der Waals surface area contributed by atoms with Crippen molar-refractivity contribution >= 4 is 22.7 Å². The summed E-state index contributed by atoms with van der Waals surface area (Å²) in [5.41, 5.74) is 7.64. The molecule has 1 aliphatic rings. The van der Waals surface area contributed by atoms with Gasteiger partial charge in [-0.25, -0.2) is 15.0 Å². The van der Waals surface area contributed by atoms with Gasteiger partial charge in [0.15, 0.2) is 0 Å². The fourth-order valence-electron chi connectivity index (χ4n) is 5.76. The van der Waals surface area contributed by atoms with Gasteiger partial charge in [0, 0.05) is 54.0 Å². The average Bonchev–Trinajstić information content (AvgIpc) is 3.58. The summed E-state index contributed by atoms with van der Waals surface area (Å²) in [5, 5.41) is 4.66. The van der Waals surface area contributed by atoms with Crippen LogP contribution in [0.4, 0.5) is 11.6 Å². The summed E-state index contributed by atoms with van der Waals surface area (Å²) in [6, 6.07) is 17.6. The molecule has 1 aromatic carbocycles. The number of benzene rings is 1. The minimum absolute atomic E-state index is 0.000694. The number of fused-ring (bicyclic) bond motifs is 1. The molecule has 1 unspecified atom stereocenters. The third-order valence-electron chi connectivity index (χ3n) is 7.90. The Balaban J connectivity index is 1.31. The Morgan fingerprint density at radius 3 is 2.54 bits per heavy atom. The number of hydrogen-bond acceptors (Lipinski definition) is 6. The molecule has 200 valence electrons. The molecule has 5 aromatic rings. The summed E-state index contributed by atoms with van der Waals surface area (Å²) in [7, 11) is 4.34. The lowest BCUT2D eigenvalue weighted by atomic mass is 10.0. The molecule has 0 radical (unpaired) electrons. The van der Waals surface area contributed by atoms with Crippen molar-refractivity contribution in [2.45, 2.75) is 38.8 Å². The predicted octanol–water partition coefficient (Wildman–Crippen LogP) is 6.03. The summed E-state index contributed by atoms with van der Waals surface area (Å²) in [6.45, 7) is 6.29. The molecule has 1 atom stereocenters. The van der Waals surface area contributed by atoms with Crippen LogP contribution in [0.3, 0.4) is 0 Å². The Labute approximate surface area is 229 Å². The van der Waals surface area contributed by atoms with Crippen molar-refractivity contribution in [3.63, 3.8) is 0 Å². The van der Waals surface area contributed by atoms with Gasteiger partial charge in [-0.3, -0.25) is 0 Å². The van der Waals surface area contributed by atoms with Gasteiger partial charge < -0.3 is 25.1 Å². The standard InChI is InChI=1S/C31H36N8/c1-20-16-25(22-8-6-5-7-9-22)29(36-20)21(2)37-31-28-26(18-33-30(28)34-19-35-31)23-10-13-32-27(17-23)39-14-11-24(12-15-39)38(3)4/h5-10,13,16-19,21,24,36H,11-12,14-15H2,1-4H3,(H2,33,34,35,37). The number of rotatable bonds is 7. The van der Waals surface area contributed by atoms with Crippen LogP contribution in [0.2, 0.25) is 0 Å². The molecule has 1 fully saturated rings.